The van der Waals surface area contributed by atoms with Gasteiger partial charge in [-0.1, -0.05) is 62.4 Å². The number of nitrogens with one attached hydrogen (secondary N) is 2. The number of rotatable bonds is 8. The van der Waals surface area contributed by atoms with Crippen molar-refractivity contribution in [1.82, 2.24) is 5.32 Å². The van der Waals surface area contributed by atoms with Crippen LogP contribution in [0.3, 0.4) is 0 Å². The van der Waals surface area contributed by atoms with Gasteiger partial charge in [0.05, 0.1) is 6.61 Å². The van der Waals surface area contributed by atoms with E-state index in [2.05, 4.69) is 24.5 Å². The van der Waals surface area contributed by atoms with E-state index in [1.807, 2.05) is 61.5 Å². The molecule has 2 aromatic carbocycles. The number of benzene rings is 2. The minimum atomic E-state index is -0.448. The van der Waals surface area contributed by atoms with Gasteiger partial charge in [-0.15, -0.1) is 11.3 Å². The van der Waals surface area contributed by atoms with Crippen molar-refractivity contribution in [3.63, 3.8) is 0 Å². The summed E-state index contributed by atoms with van der Waals surface area (Å²) in [5.74, 6) is 0.0861. The van der Waals surface area contributed by atoms with E-state index in [4.69, 9.17) is 21.7 Å². The van der Waals surface area contributed by atoms with Crippen LogP contribution in [0.4, 0.5) is 5.00 Å². The summed E-state index contributed by atoms with van der Waals surface area (Å²) in [5, 5.41) is 6.23. The number of thiophene rings is 1. The Kier molecular flexibility index (Phi) is 8.79. The van der Waals surface area contributed by atoms with Crippen LogP contribution < -0.4 is 15.4 Å². The van der Waals surface area contributed by atoms with Gasteiger partial charge >= 0.3 is 5.97 Å². The van der Waals surface area contributed by atoms with Crippen LogP contribution in [0.15, 0.2) is 54.6 Å². The Bertz CT molecular complexity index is 1170. The summed E-state index contributed by atoms with van der Waals surface area (Å²) in [4.78, 5) is 26.2. The van der Waals surface area contributed by atoms with Crippen molar-refractivity contribution in [3.05, 3.63) is 70.6 Å². The molecule has 0 unspecified atom stereocenters. The monoisotopic (exact) mass is 496 g/mol. The molecular formula is C26H28N2O4S2. The zero-order chi connectivity index (χ0) is 24.7. The van der Waals surface area contributed by atoms with E-state index in [0.29, 0.717) is 16.3 Å². The van der Waals surface area contributed by atoms with Crippen molar-refractivity contribution in [2.75, 3.05) is 18.5 Å². The minimum Gasteiger partial charge on any atom is -0.483 e. The Hall–Kier alpha value is -3.23. The van der Waals surface area contributed by atoms with Crippen LogP contribution in [0, 0.1) is 6.92 Å². The molecule has 8 heteroatoms. The van der Waals surface area contributed by atoms with Gasteiger partial charge in [0.1, 0.15) is 16.3 Å². The van der Waals surface area contributed by atoms with Gasteiger partial charge in [-0.2, -0.15) is 0 Å². The average Bonchev–Trinajstić information content (AvgIpc) is 3.13. The van der Waals surface area contributed by atoms with Gasteiger partial charge in [0.15, 0.2) is 11.7 Å². The molecule has 3 rings (SSSR count). The summed E-state index contributed by atoms with van der Waals surface area (Å²) >= 11 is 6.73. The van der Waals surface area contributed by atoms with Crippen molar-refractivity contribution in [2.45, 2.75) is 33.6 Å². The fourth-order valence-electron chi connectivity index (χ4n) is 3.51. The highest BCUT2D eigenvalue weighted by atomic mass is 32.1. The quantitative estimate of drug-likeness (QED) is 0.298. The molecule has 0 aliphatic rings. The maximum Gasteiger partial charge on any atom is 0.341 e. The van der Waals surface area contributed by atoms with E-state index in [-0.39, 0.29) is 24.2 Å². The molecule has 0 saturated carbocycles. The molecule has 1 heterocycles. The highest BCUT2D eigenvalue weighted by molar-refractivity contribution is 7.80. The van der Waals surface area contributed by atoms with Gasteiger partial charge in [0.2, 0.25) is 0 Å². The third kappa shape index (κ3) is 6.21. The number of thiocarbonyl (C=S) groups is 1. The van der Waals surface area contributed by atoms with Crippen molar-refractivity contribution in [1.29, 1.82) is 0 Å². The number of amides is 1. The van der Waals surface area contributed by atoms with Gasteiger partial charge in [-0.05, 0) is 49.2 Å². The average molecular weight is 497 g/mol. The molecule has 1 amide bonds. The molecule has 0 aliphatic heterocycles. The Labute approximate surface area is 209 Å². The van der Waals surface area contributed by atoms with Crippen LogP contribution in [0.1, 0.15) is 47.5 Å². The standard InChI is InChI=1S/C26H28N2O4S2/c1-5-31-25(30)23-22(18-11-7-6-8-12-18)17(4)34-24(23)28-26(33)27-21(29)15-32-20-14-10-9-13-19(20)16(2)3/h6-14,16H,5,15H2,1-4H3,(H2,27,28,29,33). The Balaban J connectivity index is 1.73. The summed E-state index contributed by atoms with van der Waals surface area (Å²) in [7, 11) is 0. The van der Waals surface area contributed by atoms with Gasteiger partial charge in [0.25, 0.3) is 5.91 Å². The Morgan fingerprint density at radius 1 is 1.06 bits per heavy atom. The summed E-state index contributed by atoms with van der Waals surface area (Å²) in [6.07, 6.45) is 0. The lowest BCUT2D eigenvalue weighted by atomic mass is 10.0. The smallest absolute Gasteiger partial charge is 0.341 e. The molecule has 2 N–H and O–H groups in total. The number of hydrogen-bond acceptors (Lipinski definition) is 6. The number of carbonyl (C=O) groups is 2. The van der Waals surface area contributed by atoms with Crippen molar-refractivity contribution in [3.8, 4) is 16.9 Å². The first kappa shape index (κ1) is 25.4. The fraction of sp³-hybridized carbons (Fsp3) is 0.269. The normalized spacial score (nSPS) is 10.6. The third-order valence-electron chi connectivity index (χ3n) is 5.01. The van der Waals surface area contributed by atoms with Gasteiger partial charge in [-0.3, -0.25) is 10.1 Å². The topological polar surface area (TPSA) is 76.7 Å². The largest absolute Gasteiger partial charge is 0.483 e. The molecule has 0 saturated heterocycles. The molecule has 0 aliphatic carbocycles. The number of hydrogen-bond donors (Lipinski definition) is 2. The fourth-order valence-corrected chi connectivity index (χ4v) is 4.86. The molecule has 1 aromatic heterocycles. The molecule has 0 spiro atoms. The van der Waals surface area contributed by atoms with Gasteiger partial charge in [0, 0.05) is 10.4 Å². The SMILES string of the molecule is CCOC(=O)c1c(NC(=S)NC(=O)COc2ccccc2C(C)C)sc(C)c1-c1ccccc1. The second-order valence-electron chi connectivity index (χ2n) is 7.81. The molecular weight excluding hydrogens is 468 g/mol. The first-order valence-electron chi connectivity index (χ1n) is 11.0. The maximum absolute atomic E-state index is 12.8. The van der Waals surface area contributed by atoms with Gasteiger partial charge < -0.3 is 14.8 Å². The molecule has 0 radical (unpaired) electrons. The summed E-state index contributed by atoms with van der Waals surface area (Å²) in [6, 6.07) is 17.2. The number of ether oxygens (including phenoxy) is 2. The van der Waals surface area contributed by atoms with Crippen LogP contribution in [-0.2, 0) is 9.53 Å². The molecule has 0 fully saturated rings. The minimum absolute atomic E-state index is 0.0807. The maximum atomic E-state index is 12.8. The van der Waals surface area contributed by atoms with E-state index in [1.165, 1.54) is 11.3 Å². The van der Waals surface area contributed by atoms with Crippen molar-refractivity contribution < 1.29 is 19.1 Å². The zero-order valence-electron chi connectivity index (χ0n) is 19.6. The number of carbonyl (C=O) groups excluding carboxylic acids is 2. The van der Waals surface area contributed by atoms with E-state index < -0.39 is 11.9 Å². The lowest BCUT2D eigenvalue weighted by molar-refractivity contribution is -0.121. The Morgan fingerprint density at radius 3 is 2.41 bits per heavy atom. The highest BCUT2D eigenvalue weighted by Gasteiger charge is 2.25. The van der Waals surface area contributed by atoms with E-state index in [0.717, 1.165) is 21.6 Å². The number of aryl methyl sites for hydroxylation is 1. The first-order valence-corrected chi connectivity index (χ1v) is 12.2. The predicted octanol–water partition coefficient (Wildman–Crippen LogP) is 5.92. The molecule has 34 heavy (non-hydrogen) atoms. The van der Waals surface area contributed by atoms with Crippen LogP contribution in [0.2, 0.25) is 0 Å². The second-order valence-corrected chi connectivity index (χ2v) is 9.44. The lowest BCUT2D eigenvalue weighted by Crippen LogP contribution is -2.37. The Morgan fingerprint density at radius 2 is 1.74 bits per heavy atom. The third-order valence-corrected chi connectivity index (χ3v) is 6.23. The summed E-state index contributed by atoms with van der Waals surface area (Å²) < 4.78 is 11.0. The molecule has 0 bridgehead atoms. The molecule has 0 atom stereocenters. The van der Waals surface area contributed by atoms with Gasteiger partial charge in [-0.25, -0.2) is 4.79 Å². The molecule has 6 nitrogen and oxygen atoms in total. The molecule has 3 aromatic rings. The summed E-state index contributed by atoms with van der Waals surface area (Å²) in [5.41, 5.74) is 3.11. The molecule has 178 valence electrons. The van der Waals surface area contributed by atoms with E-state index in [9.17, 15) is 9.59 Å². The van der Waals surface area contributed by atoms with Crippen LogP contribution in [0.25, 0.3) is 11.1 Å². The number of para-hydroxylation sites is 1. The van der Waals surface area contributed by atoms with Crippen LogP contribution in [-0.4, -0.2) is 30.2 Å². The second kappa shape index (κ2) is 11.8. The highest BCUT2D eigenvalue weighted by Crippen LogP contribution is 2.40. The van der Waals surface area contributed by atoms with E-state index >= 15 is 0 Å². The van der Waals surface area contributed by atoms with Crippen molar-refractivity contribution >= 4 is 45.5 Å². The lowest BCUT2D eigenvalue weighted by Gasteiger charge is -2.14. The number of esters is 1. The van der Waals surface area contributed by atoms with E-state index in [1.54, 1.807) is 6.92 Å². The predicted molar refractivity (Wildman–Crippen MR) is 141 cm³/mol. The van der Waals surface area contributed by atoms with Crippen molar-refractivity contribution in [2.24, 2.45) is 0 Å². The van der Waals surface area contributed by atoms with Crippen LogP contribution >= 0.6 is 23.6 Å². The number of anilines is 1. The zero-order valence-corrected chi connectivity index (χ0v) is 21.3. The summed E-state index contributed by atoms with van der Waals surface area (Å²) in [6.45, 7) is 7.88. The van der Waals surface area contributed by atoms with Crippen LogP contribution in [0.5, 0.6) is 5.75 Å². The first-order chi connectivity index (χ1) is 16.3.